The summed E-state index contributed by atoms with van der Waals surface area (Å²) in [5, 5.41) is 2.58. The molecule has 0 aromatic heterocycles. The maximum atomic E-state index is 13.4. The standard InChI is InChI=1S/C11H15FN2O2.ClH/c1-16-8-3-4-9(10(12)7-8)11(15)14-6-2-5-13;/h3-4,7H,2,5-6,13H2,1H3,(H,14,15);1H. The van der Waals surface area contributed by atoms with Crippen LogP contribution >= 0.6 is 12.4 Å². The van der Waals surface area contributed by atoms with Crippen molar-refractivity contribution in [2.45, 2.75) is 6.42 Å². The van der Waals surface area contributed by atoms with Gasteiger partial charge in [0.15, 0.2) is 0 Å². The highest BCUT2D eigenvalue weighted by Gasteiger charge is 2.11. The Labute approximate surface area is 106 Å². The smallest absolute Gasteiger partial charge is 0.254 e. The summed E-state index contributed by atoms with van der Waals surface area (Å²) in [7, 11) is 1.44. The number of ether oxygens (including phenoxy) is 1. The first-order chi connectivity index (χ1) is 7.69. The molecular formula is C11H16ClFN2O2. The van der Waals surface area contributed by atoms with Gasteiger partial charge < -0.3 is 15.8 Å². The van der Waals surface area contributed by atoms with Gasteiger partial charge in [0, 0.05) is 12.6 Å². The number of carbonyl (C=O) groups excluding carboxylic acids is 1. The third-order valence-electron chi connectivity index (χ3n) is 2.09. The van der Waals surface area contributed by atoms with Crippen LogP contribution in [0.15, 0.2) is 18.2 Å². The summed E-state index contributed by atoms with van der Waals surface area (Å²) in [6.07, 6.45) is 0.670. The monoisotopic (exact) mass is 262 g/mol. The predicted molar refractivity (Wildman–Crippen MR) is 66.2 cm³/mol. The van der Waals surface area contributed by atoms with Gasteiger partial charge in [0.1, 0.15) is 11.6 Å². The number of methoxy groups -OCH3 is 1. The fraction of sp³-hybridized carbons (Fsp3) is 0.364. The predicted octanol–water partition coefficient (Wildman–Crippen LogP) is 1.33. The first-order valence-electron chi connectivity index (χ1n) is 5.01. The molecule has 0 heterocycles. The molecule has 4 nitrogen and oxygen atoms in total. The number of hydrogen-bond donors (Lipinski definition) is 2. The van der Waals surface area contributed by atoms with Gasteiger partial charge in [0.2, 0.25) is 0 Å². The number of benzene rings is 1. The first kappa shape index (κ1) is 15.7. The van der Waals surface area contributed by atoms with Gasteiger partial charge in [-0.25, -0.2) is 4.39 Å². The lowest BCUT2D eigenvalue weighted by Crippen LogP contribution is -2.26. The molecule has 96 valence electrons. The SMILES string of the molecule is COc1ccc(C(=O)NCCCN)c(F)c1.Cl. The molecule has 0 atom stereocenters. The van der Waals surface area contributed by atoms with E-state index < -0.39 is 11.7 Å². The van der Waals surface area contributed by atoms with Crippen LogP contribution in [0.1, 0.15) is 16.8 Å². The summed E-state index contributed by atoms with van der Waals surface area (Å²) in [5.41, 5.74) is 5.29. The van der Waals surface area contributed by atoms with E-state index in [0.29, 0.717) is 25.3 Å². The van der Waals surface area contributed by atoms with E-state index in [4.69, 9.17) is 10.5 Å². The Balaban J connectivity index is 0.00000256. The maximum absolute atomic E-state index is 13.4. The molecule has 0 spiro atoms. The molecule has 0 radical (unpaired) electrons. The van der Waals surface area contributed by atoms with E-state index in [1.165, 1.54) is 19.2 Å². The highest BCUT2D eigenvalue weighted by atomic mass is 35.5. The molecule has 6 heteroatoms. The number of nitrogens with two attached hydrogens (primary N) is 1. The molecule has 3 N–H and O–H groups in total. The minimum absolute atomic E-state index is 0. The highest BCUT2D eigenvalue weighted by molar-refractivity contribution is 5.94. The van der Waals surface area contributed by atoms with Crippen molar-refractivity contribution in [3.8, 4) is 5.75 Å². The summed E-state index contributed by atoms with van der Waals surface area (Å²) in [6.45, 7) is 0.937. The molecule has 1 amide bonds. The van der Waals surface area contributed by atoms with E-state index >= 15 is 0 Å². The van der Waals surface area contributed by atoms with E-state index in [2.05, 4.69) is 5.32 Å². The molecule has 0 saturated carbocycles. The molecule has 1 aromatic carbocycles. The molecular weight excluding hydrogens is 247 g/mol. The molecule has 0 bridgehead atoms. The number of amides is 1. The second-order valence-electron chi connectivity index (χ2n) is 3.24. The molecule has 0 unspecified atom stereocenters. The fourth-order valence-corrected chi connectivity index (χ4v) is 1.21. The van der Waals surface area contributed by atoms with Crippen molar-refractivity contribution in [2.24, 2.45) is 5.73 Å². The topological polar surface area (TPSA) is 64.3 Å². The van der Waals surface area contributed by atoms with Crippen LogP contribution in [-0.4, -0.2) is 26.1 Å². The third kappa shape index (κ3) is 4.58. The molecule has 1 aromatic rings. The van der Waals surface area contributed by atoms with Crippen LogP contribution in [-0.2, 0) is 0 Å². The van der Waals surface area contributed by atoms with Crippen LogP contribution < -0.4 is 15.8 Å². The Morgan fingerprint density at radius 2 is 2.24 bits per heavy atom. The van der Waals surface area contributed by atoms with Crippen molar-refractivity contribution in [3.63, 3.8) is 0 Å². The Morgan fingerprint density at radius 1 is 1.53 bits per heavy atom. The van der Waals surface area contributed by atoms with Gasteiger partial charge in [-0.15, -0.1) is 12.4 Å². The number of nitrogens with one attached hydrogen (secondary N) is 1. The first-order valence-corrected chi connectivity index (χ1v) is 5.01. The van der Waals surface area contributed by atoms with Crippen LogP contribution in [0, 0.1) is 5.82 Å². The quantitative estimate of drug-likeness (QED) is 0.787. The highest BCUT2D eigenvalue weighted by Crippen LogP contribution is 2.15. The second kappa shape index (κ2) is 7.86. The number of hydrogen-bond acceptors (Lipinski definition) is 3. The Kier molecular flexibility index (Phi) is 7.25. The second-order valence-corrected chi connectivity index (χ2v) is 3.24. The fourth-order valence-electron chi connectivity index (χ4n) is 1.21. The largest absolute Gasteiger partial charge is 0.497 e. The van der Waals surface area contributed by atoms with Crippen LogP contribution in [0.4, 0.5) is 4.39 Å². The summed E-state index contributed by atoms with van der Waals surface area (Å²) in [4.78, 5) is 11.5. The molecule has 17 heavy (non-hydrogen) atoms. The van der Waals surface area contributed by atoms with E-state index in [1.54, 1.807) is 6.07 Å². The Morgan fingerprint density at radius 3 is 2.76 bits per heavy atom. The lowest BCUT2D eigenvalue weighted by Gasteiger charge is -2.06. The van der Waals surface area contributed by atoms with Gasteiger partial charge in [0.25, 0.3) is 5.91 Å². The number of halogens is 2. The average Bonchev–Trinajstić information content (AvgIpc) is 2.29. The zero-order valence-electron chi connectivity index (χ0n) is 9.53. The lowest BCUT2D eigenvalue weighted by molar-refractivity contribution is 0.0949. The summed E-state index contributed by atoms with van der Waals surface area (Å²) < 4.78 is 18.3. The third-order valence-corrected chi connectivity index (χ3v) is 2.09. The van der Waals surface area contributed by atoms with E-state index in [9.17, 15) is 9.18 Å². The van der Waals surface area contributed by atoms with Gasteiger partial charge >= 0.3 is 0 Å². The summed E-state index contributed by atoms with van der Waals surface area (Å²) >= 11 is 0. The van der Waals surface area contributed by atoms with Crippen molar-refractivity contribution in [1.29, 1.82) is 0 Å². The van der Waals surface area contributed by atoms with Crippen molar-refractivity contribution in [3.05, 3.63) is 29.6 Å². The van der Waals surface area contributed by atoms with Gasteiger partial charge in [-0.1, -0.05) is 0 Å². The number of carbonyl (C=O) groups is 1. The van der Waals surface area contributed by atoms with Crippen LogP contribution in [0.3, 0.4) is 0 Å². The lowest BCUT2D eigenvalue weighted by atomic mass is 10.2. The number of rotatable bonds is 5. The summed E-state index contributed by atoms with van der Waals surface area (Å²) in [5.74, 6) is -0.644. The Hall–Kier alpha value is -1.33. The maximum Gasteiger partial charge on any atom is 0.254 e. The van der Waals surface area contributed by atoms with Crippen molar-refractivity contribution >= 4 is 18.3 Å². The zero-order valence-corrected chi connectivity index (χ0v) is 10.3. The van der Waals surface area contributed by atoms with E-state index in [1.807, 2.05) is 0 Å². The van der Waals surface area contributed by atoms with Crippen molar-refractivity contribution in [1.82, 2.24) is 5.32 Å². The molecule has 0 aliphatic rings. The van der Waals surface area contributed by atoms with Crippen LogP contribution in [0.25, 0.3) is 0 Å². The summed E-state index contributed by atoms with van der Waals surface area (Å²) in [6, 6.07) is 4.12. The van der Waals surface area contributed by atoms with Crippen molar-refractivity contribution < 1.29 is 13.9 Å². The minimum Gasteiger partial charge on any atom is -0.497 e. The van der Waals surface area contributed by atoms with Gasteiger partial charge in [-0.3, -0.25) is 4.79 Å². The van der Waals surface area contributed by atoms with E-state index in [-0.39, 0.29) is 18.0 Å². The van der Waals surface area contributed by atoms with Crippen LogP contribution in [0.5, 0.6) is 5.75 Å². The van der Waals surface area contributed by atoms with Crippen LogP contribution in [0.2, 0.25) is 0 Å². The Bertz CT molecular complexity index is 374. The molecule has 0 aliphatic heterocycles. The van der Waals surface area contributed by atoms with Gasteiger partial charge in [-0.2, -0.15) is 0 Å². The molecule has 0 saturated heterocycles. The zero-order chi connectivity index (χ0) is 12.0. The molecule has 0 aliphatic carbocycles. The minimum atomic E-state index is -0.593. The van der Waals surface area contributed by atoms with E-state index in [0.717, 1.165) is 0 Å². The average molecular weight is 263 g/mol. The van der Waals surface area contributed by atoms with Crippen molar-refractivity contribution in [2.75, 3.05) is 20.2 Å². The normalized spacial score (nSPS) is 9.35. The van der Waals surface area contributed by atoms with Gasteiger partial charge in [0.05, 0.1) is 12.7 Å². The van der Waals surface area contributed by atoms with Gasteiger partial charge in [-0.05, 0) is 25.1 Å². The molecule has 1 rings (SSSR count). The molecule has 0 fully saturated rings.